The lowest BCUT2D eigenvalue weighted by Crippen LogP contribution is -2.37. The van der Waals surface area contributed by atoms with Gasteiger partial charge in [0.1, 0.15) is 11.6 Å². The lowest BCUT2D eigenvalue weighted by molar-refractivity contribution is 0.415. The average Bonchev–Trinajstić information content (AvgIpc) is 3.22. The van der Waals surface area contributed by atoms with Crippen molar-refractivity contribution >= 4 is 15.8 Å². The summed E-state index contributed by atoms with van der Waals surface area (Å²) in [4.78, 5) is 6.71. The largest absolute Gasteiger partial charge is 0.497 e. The lowest BCUT2D eigenvalue weighted by atomic mass is 10.1. The van der Waals surface area contributed by atoms with Gasteiger partial charge in [0.05, 0.1) is 12.0 Å². The first-order chi connectivity index (χ1) is 14.0. The van der Waals surface area contributed by atoms with Gasteiger partial charge in [-0.25, -0.2) is 18.1 Å². The van der Waals surface area contributed by atoms with Crippen LogP contribution in [0.1, 0.15) is 6.42 Å². The highest BCUT2D eigenvalue weighted by molar-refractivity contribution is 7.89. The van der Waals surface area contributed by atoms with Crippen LogP contribution in [0.2, 0.25) is 0 Å². The first kappa shape index (κ1) is 19.4. The van der Waals surface area contributed by atoms with Crippen LogP contribution in [0.4, 0.5) is 5.82 Å². The van der Waals surface area contributed by atoms with E-state index in [0.29, 0.717) is 6.54 Å². The Morgan fingerprint density at radius 2 is 1.69 bits per heavy atom. The average molecular weight is 410 g/mol. The minimum absolute atomic E-state index is 0.136. The van der Waals surface area contributed by atoms with Crippen LogP contribution in [0.3, 0.4) is 0 Å². The van der Waals surface area contributed by atoms with Crippen molar-refractivity contribution in [3.05, 3.63) is 72.9 Å². The molecule has 29 heavy (non-hydrogen) atoms. The molecule has 0 aliphatic carbocycles. The van der Waals surface area contributed by atoms with Crippen LogP contribution < -0.4 is 14.4 Å². The minimum atomic E-state index is -3.58. The fourth-order valence-corrected chi connectivity index (χ4v) is 4.76. The van der Waals surface area contributed by atoms with Crippen LogP contribution in [0, 0.1) is 0 Å². The summed E-state index contributed by atoms with van der Waals surface area (Å²) in [5, 5.41) is 0. The number of aromatic nitrogens is 1. The summed E-state index contributed by atoms with van der Waals surface area (Å²) in [6, 6.07) is 20.2. The van der Waals surface area contributed by atoms with E-state index in [0.717, 1.165) is 35.7 Å². The van der Waals surface area contributed by atoms with Crippen molar-refractivity contribution in [2.45, 2.75) is 17.4 Å². The van der Waals surface area contributed by atoms with Crippen LogP contribution in [-0.4, -0.2) is 39.6 Å². The number of benzene rings is 2. The zero-order valence-electron chi connectivity index (χ0n) is 16.2. The first-order valence-corrected chi connectivity index (χ1v) is 11.0. The quantitative estimate of drug-likeness (QED) is 0.676. The van der Waals surface area contributed by atoms with Crippen LogP contribution in [0.15, 0.2) is 77.8 Å². The minimum Gasteiger partial charge on any atom is -0.497 e. The van der Waals surface area contributed by atoms with Gasteiger partial charge in [-0.15, -0.1) is 0 Å². The van der Waals surface area contributed by atoms with Gasteiger partial charge in [-0.1, -0.05) is 30.3 Å². The van der Waals surface area contributed by atoms with E-state index in [1.165, 1.54) is 0 Å². The smallest absolute Gasteiger partial charge is 0.240 e. The number of methoxy groups -OCH3 is 1. The number of ether oxygens (including phenoxy) is 1. The van der Waals surface area contributed by atoms with Crippen LogP contribution in [0.5, 0.6) is 5.75 Å². The summed E-state index contributed by atoms with van der Waals surface area (Å²) in [6.45, 7) is 1.39. The number of rotatable bonds is 6. The summed E-state index contributed by atoms with van der Waals surface area (Å²) >= 11 is 0. The Morgan fingerprint density at radius 3 is 2.31 bits per heavy atom. The summed E-state index contributed by atoms with van der Waals surface area (Å²) in [6.07, 6.45) is 2.50. The van der Waals surface area contributed by atoms with E-state index in [2.05, 4.69) is 14.6 Å². The normalized spacial score (nSPS) is 16.7. The molecule has 1 aliphatic heterocycles. The molecule has 1 N–H and O–H groups in total. The molecule has 0 saturated carbocycles. The molecule has 0 radical (unpaired) electrons. The summed E-state index contributed by atoms with van der Waals surface area (Å²) in [7, 11) is -1.95. The van der Waals surface area contributed by atoms with Gasteiger partial charge in [-0.2, -0.15) is 0 Å². The molecule has 0 amide bonds. The molecule has 2 aromatic carbocycles. The molecular weight excluding hydrogens is 386 g/mol. The van der Waals surface area contributed by atoms with Crippen LogP contribution in [-0.2, 0) is 10.0 Å². The topological polar surface area (TPSA) is 71.5 Å². The summed E-state index contributed by atoms with van der Waals surface area (Å²) < 4.78 is 33.6. The Balaban J connectivity index is 1.43. The van der Waals surface area contributed by atoms with E-state index in [4.69, 9.17) is 4.74 Å². The van der Waals surface area contributed by atoms with Crippen molar-refractivity contribution in [3.8, 4) is 16.9 Å². The Kier molecular flexibility index (Phi) is 5.51. The van der Waals surface area contributed by atoms with E-state index in [-0.39, 0.29) is 10.9 Å². The standard InChI is InChI=1S/C22H23N3O3S/c1-28-20-9-5-17(6-10-20)18-7-11-21(12-8-18)29(26,27)24-19-13-15-25(16-19)22-4-2-3-14-23-22/h2-12,14,19,24H,13,15-16H2,1H3. The molecule has 2 heterocycles. The molecule has 1 fully saturated rings. The third-order valence-corrected chi connectivity index (χ3v) is 6.61. The zero-order valence-corrected chi connectivity index (χ0v) is 17.0. The predicted octanol–water partition coefficient (Wildman–Crippen LogP) is 3.31. The number of sulfonamides is 1. The Bertz CT molecular complexity index is 1050. The number of hydrogen-bond donors (Lipinski definition) is 1. The highest BCUT2D eigenvalue weighted by Gasteiger charge is 2.27. The number of nitrogens with one attached hydrogen (secondary N) is 1. The Morgan fingerprint density at radius 1 is 1.00 bits per heavy atom. The third-order valence-electron chi connectivity index (χ3n) is 5.07. The molecule has 3 aromatic rings. The second-order valence-electron chi connectivity index (χ2n) is 6.99. The summed E-state index contributed by atoms with van der Waals surface area (Å²) in [5.74, 6) is 1.66. The predicted molar refractivity (Wildman–Crippen MR) is 114 cm³/mol. The number of pyridine rings is 1. The van der Waals surface area contributed by atoms with E-state index < -0.39 is 10.0 Å². The van der Waals surface area contributed by atoms with Gasteiger partial charge in [0.25, 0.3) is 0 Å². The number of hydrogen-bond acceptors (Lipinski definition) is 5. The Labute approximate surface area is 171 Å². The van der Waals surface area contributed by atoms with Crippen molar-refractivity contribution in [1.82, 2.24) is 9.71 Å². The van der Waals surface area contributed by atoms with Crippen molar-refractivity contribution < 1.29 is 13.2 Å². The highest BCUT2D eigenvalue weighted by Crippen LogP contribution is 2.24. The fourth-order valence-electron chi connectivity index (χ4n) is 3.50. The number of nitrogens with zero attached hydrogens (tertiary/aromatic N) is 2. The molecule has 7 heteroatoms. The fraction of sp³-hybridized carbons (Fsp3) is 0.227. The molecule has 6 nitrogen and oxygen atoms in total. The molecule has 1 aliphatic rings. The second kappa shape index (κ2) is 8.23. The lowest BCUT2D eigenvalue weighted by Gasteiger charge is -2.18. The zero-order chi connectivity index (χ0) is 20.3. The molecule has 1 atom stereocenters. The van der Waals surface area contributed by atoms with Crippen LogP contribution >= 0.6 is 0 Å². The first-order valence-electron chi connectivity index (χ1n) is 9.48. The molecule has 1 unspecified atom stereocenters. The van der Waals surface area contributed by atoms with E-state index in [1.54, 1.807) is 25.4 Å². The molecular formula is C22H23N3O3S. The molecule has 0 bridgehead atoms. The van der Waals surface area contributed by atoms with Gasteiger partial charge in [0, 0.05) is 25.3 Å². The molecule has 4 rings (SSSR count). The van der Waals surface area contributed by atoms with E-state index in [1.807, 2.05) is 54.6 Å². The molecule has 0 spiro atoms. The van der Waals surface area contributed by atoms with Gasteiger partial charge in [0.15, 0.2) is 0 Å². The monoisotopic (exact) mass is 409 g/mol. The SMILES string of the molecule is COc1ccc(-c2ccc(S(=O)(=O)NC3CCN(c4ccccn4)C3)cc2)cc1. The van der Waals surface area contributed by atoms with Gasteiger partial charge < -0.3 is 9.64 Å². The van der Waals surface area contributed by atoms with E-state index >= 15 is 0 Å². The Hall–Kier alpha value is -2.90. The molecule has 1 aromatic heterocycles. The summed E-state index contributed by atoms with van der Waals surface area (Å²) in [5.41, 5.74) is 1.96. The number of anilines is 1. The van der Waals surface area contributed by atoms with E-state index in [9.17, 15) is 8.42 Å². The maximum absolute atomic E-state index is 12.8. The molecule has 150 valence electrons. The van der Waals surface area contributed by atoms with Crippen molar-refractivity contribution in [2.75, 3.05) is 25.1 Å². The third kappa shape index (κ3) is 4.41. The second-order valence-corrected chi connectivity index (χ2v) is 8.71. The maximum Gasteiger partial charge on any atom is 0.240 e. The molecule has 1 saturated heterocycles. The van der Waals surface area contributed by atoms with Crippen LogP contribution in [0.25, 0.3) is 11.1 Å². The van der Waals surface area contributed by atoms with Crippen molar-refractivity contribution in [2.24, 2.45) is 0 Å². The van der Waals surface area contributed by atoms with Crippen molar-refractivity contribution in [3.63, 3.8) is 0 Å². The van der Waals surface area contributed by atoms with Gasteiger partial charge in [-0.05, 0) is 53.9 Å². The van der Waals surface area contributed by atoms with Gasteiger partial charge in [0.2, 0.25) is 10.0 Å². The van der Waals surface area contributed by atoms with Gasteiger partial charge in [-0.3, -0.25) is 0 Å². The maximum atomic E-state index is 12.8. The van der Waals surface area contributed by atoms with Gasteiger partial charge >= 0.3 is 0 Å². The highest BCUT2D eigenvalue weighted by atomic mass is 32.2. The van der Waals surface area contributed by atoms with Crippen molar-refractivity contribution in [1.29, 1.82) is 0 Å².